The molecular formula is C9H15NO2. The first kappa shape index (κ1) is 7.90. The standard InChI is InChI=1S/C9H15NO2/c1-5-6-2-3-7(4-6)8(5)12-9(10)11/h5-8H,2-4H2,1H3,(H2,10,11)/t5-,6-,7+,8+/m0/s1. The zero-order valence-electron chi connectivity index (χ0n) is 7.32. The molecule has 0 heterocycles. The molecule has 2 aliphatic rings. The lowest BCUT2D eigenvalue weighted by molar-refractivity contribution is 0.0407. The zero-order chi connectivity index (χ0) is 8.72. The molecule has 2 aliphatic carbocycles. The Hall–Kier alpha value is -0.730. The molecule has 2 fully saturated rings. The fourth-order valence-electron chi connectivity index (χ4n) is 2.86. The maximum Gasteiger partial charge on any atom is 0.404 e. The van der Waals surface area contributed by atoms with Gasteiger partial charge in [0.2, 0.25) is 0 Å². The van der Waals surface area contributed by atoms with Crippen LogP contribution in [0.25, 0.3) is 0 Å². The topological polar surface area (TPSA) is 52.3 Å². The summed E-state index contributed by atoms with van der Waals surface area (Å²) in [4.78, 5) is 10.6. The first-order valence-corrected chi connectivity index (χ1v) is 4.64. The molecule has 12 heavy (non-hydrogen) atoms. The highest BCUT2D eigenvalue weighted by molar-refractivity contribution is 5.64. The molecule has 0 aromatic heterocycles. The summed E-state index contributed by atoms with van der Waals surface area (Å²) in [6, 6.07) is 0. The second kappa shape index (κ2) is 2.64. The Balaban J connectivity index is 2.02. The average molecular weight is 169 g/mol. The normalized spacial score (nSPS) is 44.8. The summed E-state index contributed by atoms with van der Waals surface area (Å²) in [5.74, 6) is 1.90. The number of primary amides is 1. The Labute approximate surface area is 72.3 Å². The third-order valence-corrected chi connectivity index (χ3v) is 3.49. The highest BCUT2D eigenvalue weighted by Gasteiger charge is 2.47. The van der Waals surface area contributed by atoms with Crippen molar-refractivity contribution in [3.63, 3.8) is 0 Å². The lowest BCUT2D eigenvalue weighted by atomic mass is 9.88. The van der Waals surface area contributed by atoms with E-state index in [1.165, 1.54) is 19.3 Å². The van der Waals surface area contributed by atoms with Gasteiger partial charge in [-0.15, -0.1) is 0 Å². The maximum atomic E-state index is 10.6. The fraction of sp³-hybridized carbons (Fsp3) is 0.889. The molecule has 3 nitrogen and oxygen atoms in total. The molecule has 1 amide bonds. The van der Waals surface area contributed by atoms with Crippen molar-refractivity contribution in [1.82, 2.24) is 0 Å². The van der Waals surface area contributed by atoms with Gasteiger partial charge in [-0.1, -0.05) is 6.92 Å². The smallest absolute Gasteiger partial charge is 0.404 e. The van der Waals surface area contributed by atoms with E-state index in [-0.39, 0.29) is 6.10 Å². The Morgan fingerprint density at radius 2 is 2.08 bits per heavy atom. The van der Waals surface area contributed by atoms with Crippen LogP contribution in [0.1, 0.15) is 26.2 Å². The monoisotopic (exact) mass is 169 g/mol. The number of nitrogens with two attached hydrogens (primary N) is 1. The van der Waals surface area contributed by atoms with Crippen LogP contribution in [0.4, 0.5) is 4.79 Å². The van der Waals surface area contributed by atoms with E-state index >= 15 is 0 Å². The Kier molecular flexibility index (Phi) is 1.74. The van der Waals surface area contributed by atoms with Gasteiger partial charge in [0.25, 0.3) is 0 Å². The van der Waals surface area contributed by atoms with Crippen LogP contribution in [0.15, 0.2) is 0 Å². The van der Waals surface area contributed by atoms with Gasteiger partial charge in [-0.3, -0.25) is 0 Å². The molecule has 4 atom stereocenters. The molecule has 0 spiro atoms. The van der Waals surface area contributed by atoms with Gasteiger partial charge in [-0.25, -0.2) is 4.79 Å². The van der Waals surface area contributed by atoms with Gasteiger partial charge >= 0.3 is 6.09 Å². The number of carbonyl (C=O) groups excluding carboxylic acids is 1. The van der Waals surface area contributed by atoms with Gasteiger partial charge in [0, 0.05) is 0 Å². The number of ether oxygens (including phenoxy) is 1. The van der Waals surface area contributed by atoms with Crippen LogP contribution in [-0.2, 0) is 4.74 Å². The van der Waals surface area contributed by atoms with Gasteiger partial charge in [0.05, 0.1) is 0 Å². The van der Waals surface area contributed by atoms with Gasteiger partial charge in [0.15, 0.2) is 0 Å². The van der Waals surface area contributed by atoms with Gasteiger partial charge in [-0.05, 0) is 37.0 Å². The predicted octanol–water partition coefficient (Wildman–Crippen LogP) is 1.52. The average Bonchev–Trinajstić information content (AvgIpc) is 2.53. The van der Waals surface area contributed by atoms with Crippen LogP contribution >= 0.6 is 0 Å². The first-order valence-electron chi connectivity index (χ1n) is 4.64. The van der Waals surface area contributed by atoms with Crippen molar-refractivity contribution in [1.29, 1.82) is 0 Å². The third-order valence-electron chi connectivity index (χ3n) is 3.49. The van der Waals surface area contributed by atoms with Crippen molar-refractivity contribution in [3.05, 3.63) is 0 Å². The van der Waals surface area contributed by atoms with E-state index in [0.29, 0.717) is 11.8 Å². The lowest BCUT2D eigenvalue weighted by Crippen LogP contribution is -2.32. The van der Waals surface area contributed by atoms with Gasteiger partial charge < -0.3 is 10.5 Å². The van der Waals surface area contributed by atoms with Crippen molar-refractivity contribution in [2.24, 2.45) is 23.5 Å². The molecule has 2 rings (SSSR count). The molecule has 2 N–H and O–H groups in total. The first-order chi connectivity index (χ1) is 5.68. The summed E-state index contributed by atoms with van der Waals surface area (Å²) in [5, 5.41) is 0. The number of hydrogen-bond acceptors (Lipinski definition) is 2. The molecule has 0 aliphatic heterocycles. The van der Waals surface area contributed by atoms with E-state index in [1.807, 2.05) is 0 Å². The summed E-state index contributed by atoms with van der Waals surface area (Å²) < 4.78 is 5.10. The van der Waals surface area contributed by atoms with Crippen molar-refractivity contribution in [3.8, 4) is 0 Å². The van der Waals surface area contributed by atoms with Crippen molar-refractivity contribution in [2.75, 3.05) is 0 Å². The zero-order valence-corrected chi connectivity index (χ0v) is 7.32. The van der Waals surface area contributed by atoms with Crippen molar-refractivity contribution >= 4 is 6.09 Å². The molecule has 68 valence electrons. The molecule has 0 saturated heterocycles. The van der Waals surface area contributed by atoms with Crippen LogP contribution in [0.3, 0.4) is 0 Å². The summed E-state index contributed by atoms with van der Waals surface area (Å²) in [6.45, 7) is 2.16. The van der Waals surface area contributed by atoms with E-state index in [1.54, 1.807) is 0 Å². The Morgan fingerprint density at radius 3 is 2.58 bits per heavy atom. The minimum Gasteiger partial charge on any atom is -0.446 e. The number of hydrogen-bond donors (Lipinski definition) is 1. The Bertz CT molecular complexity index is 203. The van der Waals surface area contributed by atoms with Crippen LogP contribution < -0.4 is 5.73 Å². The quantitative estimate of drug-likeness (QED) is 0.647. The third kappa shape index (κ3) is 1.08. The fourth-order valence-corrected chi connectivity index (χ4v) is 2.86. The second-order valence-electron chi connectivity index (χ2n) is 4.09. The molecular weight excluding hydrogens is 154 g/mol. The van der Waals surface area contributed by atoms with Crippen molar-refractivity contribution in [2.45, 2.75) is 32.3 Å². The Morgan fingerprint density at radius 1 is 1.42 bits per heavy atom. The maximum absolute atomic E-state index is 10.6. The lowest BCUT2D eigenvalue weighted by Gasteiger charge is -2.26. The predicted molar refractivity (Wildman–Crippen MR) is 44.5 cm³/mol. The van der Waals surface area contributed by atoms with E-state index in [2.05, 4.69) is 6.92 Å². The molecule has 0 radical (unpaired) electrons. The molecule has 2 bridgehead atoms. The molecule has 3 heteroatoms. The van der Waals surface area contributed by atoms with Crippen LogP contribution in [-0.4, -0.2) is 12.2 Å². The van der Waals surface area contributed by atoms with Gasteiger partial charge in [-0.2, -0.15) is 0 Å². The van der Waals surface area contributed by atoms with Crippen LogP contribution in [0.5, 0.6) is 0 Å². The van der Waals surface area contributed by atoms with Crippen LogP contribution in [0.2, 0.25) is 0 Å². The number of carbonyl (C=O) groups is 1. The highest BCUT2D eigenvalue weighted by atomic mass is 16.6. The van der Waals surface area contributed by atoms with Crippen molar-refractivity contribution < 1.29 is 9.53 Å². The summed E-state index contributed by atoms with van der Waals surface area (Å²) in [7, 11) is 0. The van der Waals surface area contributed by atoms with E-state index in [0.717, 1.165) is 5.92 Å². The summed E-state index contributed by atoms with van der Waals surface area (Å²) >= 11 is 0. The SMILES string of the molecule is C[C@H]1[C@H]2CC[C@H](C2)[C@@H]1OC(N)=O. The molecule has 0 aromatic rings. The number of rotatable bonds is 1. The molecule has 0 unspecified atom stereocenters. The van der Waals surface area contributed by atoms with E-state index in [9.17, 15) is 4.79 Å². The minimum absolute atomic E-state index is 0.112. The second-order valence-corrected chi connectivity index (χ2v) is 4.09. The summed E-state index contributed by atoms with van der Waals surface area (Å²) in [6.07, 6.45) is 3.26. The van der Waals surface area contributed by atoms with Crippen LogP contribution in [0, 0.1) is 17.8 Å². The summed E-state index contributed by atoms with van der Waals surface area (Å²) in [5.41, 5.74) is 5.01. The largest absolute Gasteiger partial charge is 0.446 e. The number of amides is 1. The van der Waals surface area contributed by atoms with E-state index < -0.39 is 6.09 Å². The molecule has 2 saturated carbocycles. The highest BCUT2D eigenvalue weighted by Crippen LogP contribution is 2.49. The van der Waals surface area contributed by atoms with Gasteiger partial charge in [0.1, 0.15) is 6.10 Å². The van der Waals surface area contributed by atoms with E-state index in [4.69, 9.17) is 10.5 Å². The minimum atomic E-state index is -0.612. The molecule has 0 aromatic carbocycles. The number of fused-ring (bicyclic) bond motifs is 2.